The number of carbonyl (C=O) groups is 1. The van der Waals surface area contributed by atoms with Crippen LogP contribution in [0.25, 0.3) is 0 Å². The molecule has 0 radical (unpaired) electrons. The molecule has 1 aromatic carbocycles. The maximum absolute atomic E-state index is 13.8. The van der Waals surface area contributed by atoms with Crippen LogP contribution in [0.3, 0.4) is 0 Å². The van der Waals surface area contributed by atoms with Crippen molar-refractivity contribution in [2.24, 2.45) is 5.92 Å². The molecule has 1 amide bonds. The van der Waals surface area contributed by atoms with E-state index in [4.69, 9.17) is 0 Å². The number of nitrogens with zero attached hydrogens (tertiary/aromatic N) is 1. The number of piperidine rings is 1. The number of hydrogen-bond acceptors (Lipinski definition) is 2. The van der Waals surface area contributed by atoms with Crippen molar-refractivity contribution < 1.29 is 13.6 Å². The van der Waals surface area contributed by atoms with E-state index in [-0.39, 0.29) is 23.9 Å². The molecular weight excluding hydrogens is 310 g/mol. The number of hydrogen-bond donors (Lipinski definition) is 1. The van der Waals surface area contributed by atoms with Gasteiger partial charge in [0, 0.05) is 19.2 Å². The van der Waals surface area contributed by atoms with Crippen LogP contribution in [0, 0.1) is 24.5 Å². The Morgan fingerprint density at radius 3 is 2.50 bits per heavy atom. The summed E-state index contributed by atoms with van der Waals surface area (Å²) in [6.45, 7) is 3.80. The number of halogens is 3. The van der Waals surface area contributed by atoms with Gasteiger partial charge in [-0.2, -0.15) is 0 Å². The molecule has 124 valence electrons. The number of amides is 1. The van der Waals surface area contributed by atoms with Crippen LogP contribution in [0.15, 0.2) is 12.1 Å². The fourth-order valence-corrected chi connectivity index (χ4v) is 2.76. The highest BCUT2D eigenvalue weighted by atomic mass is 35.5. The largest absolute Gasteiger partial charge is 0.339 e. The predicted octanol–water partition coefficient (Wildman–Crippen LogP) is 3.16. The topological polar surface area (TPSA) is 32.3 Å². The minimum Gasteiger partial charge on any atom is -0.339 e. The minimum absolute atomic E-state index is 0. The summed E-state index contributed by atoms with van der Waals surface area (Å²) < 4.78 is 27.0. The van der Waals surface area contributed by atoms with Gasteiger partial charge in [-0.05, 0) is 57.3 Å². The molecule has 0 atom stereocenters. The zero-order chi connectivity index (χ0) is 15.4. The highest BCUT2D eigenvalue weighted by molar-refractivity contribution is 5.94. The monoisotopic (exact) mass is 332 g/mol. The van der Waals surface area contributed by atoms with Crippen molar-refractivity contribution in [1.82, 2.24) is 10.2 Å². The maximum atomic E-state index is 13.8. The number of rotatable bonds is 4. The lowest BCUT2D eigenvalue weighted by Crippen LogP contribution is -2.39. The maximum Gasteiger partial charge on any atom is 0.256 e. The third kappa shape index (κ3) is 4.40. The van der Waals surface area contributed by atoms with Crippen LogP contribution in [0.5, 0.6) is 0 Å². The van der Waals surface area contributed by atoms with E-state index < -0.39 is 11.6 Å². The van der Waals surface area contributed by atoms with Gasteiger partial charge in [0.1, 0.15) is 11.6 Å². The molecule has 0 bridgehead atoms. The molecule has 1 fully saturated rings. The van der Waals surface area contributed by atoms with Crippen molar-refractivity contribution in [3.05, 3.63) is 34.9 Å². The van der Waals surface area contributed by atoms with Gasteiger partial charge in [0.05, 0.1) is 5.56 Å². The van der Waals surface area contributed by atoms with Gasteiger partial charge in [0.25, 0.3) is 5.91 Å². The predicted molar refractivity (Wildman–Crippen MR) is 85.5 cm³/mol. The van der Waals surface area contributed by atoms with Crippen LogP contribution < -0.4 is 5.32 Å². The molecule has 1 aliphatic heterocycles. The molecule has 1 N–H and O–H groups in total. The van der Waals surface area contributed by atoms with Crippen LogP contribution in [0.4, 0.5) is 8.78 Å². The second kappa shape index (κ2) is 8.44. The van der Waals surface area contributed by atoms with E-state index in [1.54, 1.807) is 4.90 Å². The van der Waals surface area contributed by atoms with Gasteiger partial charge >= 0.3 is 0 Å². The Hall–Kier alpha value is -1.20. The van der Waals surface area contributed by atoms with Gasteiger partial charge in [-0.25, -0.2) is 8.78 Å². The molecule has 0 aliphatic carbocycles. The second-order valence-electron chi connectivity index (χ2n) is 5.71. The normalized spacial score (nSPS) is 15.5. The molecule has 6 heteroatoms. The number of nitrogens with one attached hydrogen (secondary N) is 1. The van der Waals surface area contributed by atoms with Gasteiger partial charge in [0.2, 0.25) is 0 Å². The number of aryl methyl sites for hydroxylation is 1. The fraction of sp³-hybridized carbons (Fsp3) is 0.562. The zero-order valence-electron chi connectivity index (χ0n) is 13.0. The quantitative estimate of drug-likeness (QED) is 0.918. The van der Waals surface area contributed by atoms with Crippen molar-refractivity contribution in [1.29, 1.82) is 0 Å². The summed E-state index contributed by atoms with van der Waals surface area (Å²) in [7, 11) is 1.93. The molecule has 0 saturated carbocycles. The summed E-state index contributed by atoms with van der Waals surface area (Å²) in [4.78, 5) is 14.0. The van der Waals surface area contributed by atoms with E-state index >= 15 is 0 Å². The number of benzene rings is 1. The Morgan fingerprint density at radius 1 is 1.27 bits per heavy atom. The van der Waals surface area contributed by atoms with Crippen LogP contribution in [-0.2, 0) is 0 Å². The molecule has 0 unspecified atom stereocenters. The average molecular weight is 333 g/mol. The van der Waals surface area contributed by atoms with Gasteiger partial charge in [-0.15, -0.1) is 12.4 Å². The van der Waals surface area contributed by atoms with Crippen LogP contribution in [-0.4, -0.2) is 37.5 Å². The molecule has 0 aromatic heterocycles. The average Bonchev–Trinajstić information content (AvgIpc) is 2.48. The summed E-state index contributed by atoms with van der Waals surface area (Å²) in [5.74, 6) is -1.11. The van der Waals surface area contributed by atoms with Gasteiger partial charge < -0.3 is 10.2 Å². The van der Waals surface area contributed by atoms with E-state index in [0.717, 1.165) is 31.9 Å². The third-order valence-electron chi connectivity index (χ3n) is 4.18. The molecular formula is C16H23ClF2N2O. The summed E-state index contributed by atoms with van der Waals surface area (Å²) in [6.07, 6.45) is 2.98. The van der Waals surface area contributed by atoms with Crippen molar-refractivity contribution in [3.8, 4) is 0 Å². The molecule has 0 spiro atoms. The SMILES string of the molecule is CNCCC1CCN(C(=O)c2cc(C)c(F)cc2F)CC1.Cl. The molecule has 3 nitrogen and oxygen atoms in total. The Kier molecular flexibility index (Phi) is 7.23. The fourth-order valence-electron chi connectivity index (χ4n) is 2.76. The third-order valence-corrected chi connectivity index (χ3v) is 4.18. The highest BCUT2D eigenvalue weighted by Gasteiger charge is 2.25. The summed E-state index contributed by atoms with van der Waals surface area (Å²) in [6, 6.07) is 2.10. The molecule has 1 saturated heterocycles. The molecule has 22 heavy (non-hydrogen) atoms. The Morgan fingerprint density at radius 2 is 1.91 bits per heavy atom. The standard InChI is InChI=1S/C16H22F2N2O.ClH/c1-11-9-13(15(18)10-14(11)17)16(21)20-7-4-12(5-8-20)3-6-19-2;/h9-10,12,19H,3-8H2,1-2H3;1H. The van der Waals surface area contributed by atoms with Crippen molar-refractivity contribution in [3.63, 3.8) is 0 Å². The lowest BCUT2D eigenvalue weighted by molar-refractivity contribution is 0.0682. The molecule has 1 heterocycles. The minimum atomic E-state index is -0.777. The van der Waals surface area contributed by atoms with Crippen molar-refractivity contribution in [2.75, 3.05) is 26.7 Å². The number of carbonyl (C=O) groups excluding carboxylic acids is 1. The van der Waals surface area contributed by atoms with E-state index in [9.17, 15) is 13.6 Å². The van der Waals surface area contributed by atoms with Gasteiger partial charge in [-0.1, -0.05) is 0 Å². The lowest BCUT2D eigenvalue weighted by Gasteiger charge is -2.32. The zero-order valence-corrected chi connectivity index (χ0v) is 13.8. The first-order chi connectivity index (χ1) is 10.0. The molecule has 1 aliphatic rings. The Balaban J connectivity index is 0.00000242. The Bertz CT molecular complexity index is 517. The van der Waals surface area contributed by atoms with E-state index in [2.05, 4.69) is 5.32 Å². The Labute approximate surface area is 136 Å². The van der Waals surface area contributed by atoms with Gasteiger partial charge in [0.15, 0.2) is 0 Å². The van der Waals surface area contributed by atoms with Crippen LogP contribution in [0.2, 0.25) is 0 Å². The van der Waals surface area contributed by atoms with Crippen molar-refractivity contribution in [2.45, 2.75) is 26.2 Å². The first kappa shape index (κ1) is 18.8. The van der Waals surface area contributed by atoms with Gasteiger partial charge in [-0.3, -0.25) is 4.79 Å². The lowest BCUT2D eigenvalue weighted by atomic mass is 9.93. The number of likely N-dealkylation sites (tertiary alicyclic amines) is 1. The summed E-state index contributed by atoms with van der Waals surface area (Å²) >= 11 is 0. The van der Waals surface area contributed by atoms with E-state index in [0.29, 0.717) is 24.6 Å². The molecule has 1 aromatic rings. The van der Waals surface area contributed by atoms with E-state index in [1.165, 1.54) is 13.0 Å². The first-order valence-corrected chi connectivity index (χ1v) is 7.42. The van der Waals surface area contributed by atoms with Crippen molar-refractivity contribution >= 4 is 18.3 Å². The summed E-state index contributed by atoms with van der Waals surface area (Å²) in [5.41, 5.74) is 0.270. The van der Waals surface area contributed by atoms with Crippen LogP contribution in [0.1, 0.15) is 35.2 Å². The summed E-state index contributed by atoms with van der Waals surface area (Å²) in [5, 5.41) is 3.13. The second-order valence-corrected chi connectivity index (χ2v) is 5.71. The first-order valence-electron chi connectivity index (χ1n) is 7.42. The van der Waals surface area contributed by atoms with E-state index in [1.807, 2.05) is 7.05 Å². The molecule has 2 rings (SSSR count). The smallest absolute Gasteiger partial charge is 0.256 e. The van der Waals surface area contributed by atoms with Crippen LogP contribution >= 0.6 is 12.4 Å². The highest BCUT2D eigenvalue weighted by Crippen LogP contribution is 2.23.